The van der Waals surface area contributed by atoms with Gasteiger partial charge in [0.1, 0.15) is 0 Å². The maximum atomic E-state index is 13.1. The molecule has 0 saturated carbocycles. The highest BCUT2D eigenvalue weighted by molar-refractivity contribution is 7.90. The highest BCUT2D eigenvalue weighted by atomic mass is 32.2. The molecule has 0 heterocycles. The zero-order chi connectivity index (χ0) is 26.2. The summed E-state index contributed by atoms with van der Waals surface area (Å²) in [5, 5.41) is 0. The van der Waals surface area contributed by atoms with Crippen LogP contribution in [0.4, 0.5) is 0 Å². The molecule has 6 heteroatoms. The number of sulfone groups is 1. The normalized spacial score (nSPS) is 11.4. The Balaban J connectivity index is 2.05. The van der Waals surface area contributed by atoms with Gasteiger partial charge in [-0.25, -0.2) is 8.42 Å². The first kappa shape index (κ1) is 29.9. The first-order chi connectivity index (χ1) is 17.4. The van der Waals surface area contributed by atoms with E-state index in [1.165, 1.54) is 63.5 Å². The van der Waals surface area contributed by atoms with E-state index in [1.807, 2.05) is 6.07 Å². The monoisotopic (exact) mass is 516 g/mol. The van der Waals surface area contributed by atoms with Gasteiger partial charge in [0, 0.05) is 17.4 Å². The number of carbonyl (C=O) groups excluding carboxylic acids is 1. The van der Waals surface area contributed by atoms with E-state index in [9.17, 15) is 13.2 Å². The molecule has 2 rings (SSSR count). The second-order valence-electron chi connectivity index (χ2n) is 9.52. The molecule has 5 nitrogen and oxygen atoms in total. The van der Waals surface area contributed by atoms with Crippen molar-refractivity contribution >= 4 is 15.6 Å². The smallest absolute Gasteiger partial charge is 0.193 e. The quantitative estimate of drug-likeness (QED) is 0.141. The number of hydrogen-bond donors (Lipinski definition) is 0. The topological polar surface area (TPSA) is 69.7 Å². The maximum Gasteiger partial charge on any atom is 0.193 e. The Labute approximate surface area is 218 Å². The van der Waals surface area contributed by atoms with Crippen LogP contribution in [0.1, 0.15) is 107 Å². The van der Waals surface area contributed by atoms with Crippen LogP contribution in [-0.4, -0.2) is 33.7 Å². The molecule has 0 aliphatic rings. The third-order valence-corrected chi connectivity index (χ3v) is 7.39. The predicted octanol–water partition coefficient (Wildman–Crippen LogP) is 7.80. The van der Waals surface area contributed by atoms with Gasteiger partial charge in [-0.05, 0) is 55.3 Å². The Kier molecular flexibility index (Phi) is 13.6. The molecule has 0 aliphatic heterocycles. The van der Waals surface area contributed by atoms with Crippen LogP contribution in [0.15, 0.2) is 47.4 Å². The minimum Gasteiger partial charge on any atom is -0.490 e. The summed E-state index contributed by atoms with van der Waals surface area (Å²) in [6.45, 7) is 5.64. The highest BCUT2D eigenvalue weighted by Gasteiger charge is 2.15. The minimum absolute atomic E-state index is 0.179. The fourth-order valence-corrected chi connectivity index (χ4v) is 4.66. The number of ether oxygens (including phenoxy) is 2. The number of ketones is 1. The lowest BCUT2D eigenvalue weighted by Gasteiger charge is -2.14. The summed E-state index contributed by atoms with van der Waals surface area (Å²) in [4.78, 5) is 13.3. The first-order valence-electron chi connectivity index (χ1n) is 13.6. The predicted molar refractivity (Wildman–Crippen MR) is 147 cm³/mol. The maximum absolute atomic E-state index is 13.1. The van der Waals surface area contributed by atoms with E-state index in [4.69, 9.17) is 9.47 Å². The summed E-state index contributed by atoms with van der Waals surface area (Å²) in [5.74, 6) is 1.08. The third-order valence-electron chi connectivity index (χ3n) is 6.26. The minimum atomic E-state index is -3.31. The van der Waals surface area contributed by atoms with Crippen LogP contribution in [0, 0.1) is 0 Å². The molecule has 0 N–H and O–H groups in total. The molecule has 0 saturated heterocycles. The van der Waals surface area contributed by atoms with Crippen molar-refractivity contribution in [3.05, 3.63) is 53.6 Å². The molecular weight excluding hydrogens is 472 g/mol. The van der Waals surface area contributed by atoms with Crippen molar-refractivity contribution in [2.75, 3.05) is 19.5 Å². The second kappa shape index (κ2) is 16.4. The van der Waals surface area contributed by atoms with Gasteiger partial charge < -0.3 is 9.47 Å². The van der Waals surface area contributed by atoms with Gasteiger partial charge in [-0.2, -0.15) is 0 Å². The molecule has 0 bridgehead atoms. The first-order valence-corrected chi connectivity index (χ1v) is 15.5. The Morgan fingerprint density at radius 1 is 0.639 bits per heavy atom. The van der Waals surface area contributed by atoms with Crippen LogP contribution in [-0.2, 0) is 9.84 Å². The van der Waals surface area contributed by atoms with Gasteiger partial charge in [0.25, 0.3) is 0 Å². The Morgan fingerprint density at radius 3 is 1.64 bits per heavy atom. The Bertz CT molecular complexity index is 1010. The molecule has 0 aliphatic carbocycles. The SMILES string of the molecule is CCCCCCCCOc1ccc(C(=O)c2ccc(S(C)(=O)=O)cc2)cc1OCCCCCCCC. The summed E-state index contributed by atoms with van der Waals surface area (Å²) in [6.07, 6.45) is 15.4. The average Bonchev–Trinajstić information content (AvgIpc) is 2.87. The van der Waals surface area contributed by atoms with E-state index in [1.54, 1.807) is 24.3 Å². The summed E-state index contributed by atoms with van der Waals surface area (Å²) < 4.78 is 35.6. The van der Waals surface area contributed by atoms with Crippen LogP contribution < -0.4 is 9.47 Å². The van der Waals surface area contributed by atoms with Gasteiger partial charge in [-0.15, -0.1) is 0 Å². The van der Waals surface area contributed by atoms with E-state index in [2.05, 4.69) is 13.8 Å². The van der Waals surface area contributed by atoms with Gasteiger partial charge >= 0.3 is 0 Å². The van der Waals surface area contributed by atoms with Gasteiger partial charge in [-0.1, -0.05) is 78.1 Å². The van der Waals surface area contributed by atoms with E-state index in [0.717, 1.165) is 31.9 Å². The summed E-state index contributed by atoms with van der Waals surface area (Å²) in [7, 11) is -3.31. The Hall–Kier alpha value is -2.34. The van der Waals surface area contributed by atoms with E-state index >= 15 is 0 Å². The molecule has 0 amide bonds. The van der Waals surface area contributed by atoms with E-state index in [0.29, 0.717) is 35.8 Å². The van der Waals surface area contributed by atoms with Crippen LogP contribution in [0.25, 0.3) is 0 Å². The molecule has 0 atom stereocenters. The van der Waals surface area contributed by atoms with Crippen LogP contribution in [0.3, 0.4) is 0 Å². The summed E-state index contributed by atoms with van der Waals surface area (Å²) in [6, 6.07) is 11.4. The zero-order valence-electron chi connectivity index (χ0n) is 22.4. The van der Waals surface area contributed by atoms with Crippen molar-refractivity contribution in [1.82, 2.24) is 0 Å². The van der Waals surface area contributed by atoms with Crippen LogP contribution >= 0.6 is 0 Å². The molecular formula is C30H44O5S. The highest BCUT2D eigenvalue weighted by Crippen LogP contribution is 2.30. The average molecular weight is 517 g/mol. The second-order valence-corrected chi connectivity index (χ2v) is 11.5. The number of hydrogen-bond acceptors (Lipinski definition) is 5. The number of rotatable bonds is 19. The summed E-state index contributed by atoms with van der Waals surface area (Å²) >= 11 is 0. The molecule has 2 aromatic rings. The van der Waals surface area contributed by atoms with Crippen molar-refractivity contribution in [2.24, 2.45) is 0 Å². The lowest BCUT2D eigenvalue weighted by Crippen LogP contribution is -2.06. The van der Waals surface area contributed by atoms with Gasteiger partial charge in [-0.3, -0.25) is 4.79 Å². The zero-order valence-corrected chi connectivity index (χ0v) is 23.2. The number of unbranched alkanes of at least 4 members (excludes halogenated alkanes) is 10. The molecule has 0 radical (unpaired) electrons. The van der Waals surface area contributed by atoms with Crippen molar-refractivity contribution in [2.45, 2.75) is 95.8 Å². The van der Waals surface area contributed by atoms with Crippen LogP contribution in [0.5, 0.6) is 11.5 Å². The molecule has 2 aromatic carbocycles. The Morgan fingerprint density at radius 2 is 1.11 bits per heavy atom. The number of carbonyl (C=O) groups is 1. The van der Waals surface area contributed by atoms with Crippen molar-refractivity contribution in [3.63, 3.8) is 0 Å². The lowest BCUT2D eigenvalue weighted by molar-refractivity contribution is 0.103. The molecule has 0 aromatic heterocycles. The largest absolute Gasteiger partial charge is 0.490 e. The molecule has 36 heavy (non-hydrogen) atoms. The van der Waals surface area contributed by atoms with Gasteiger partial charge in [0.2, 0.25) is 0 Å². The standard InChI is InChI=1S/C30H44O5S/c1-4-6-8-10-12-14-22-34-28-21-18-26(24-29(28)35-23-15-13-11-9-7-5-2)30(31)25-16-19-27(20-17-25)36(3,32)33/h16-21,24H,4-15,22-23H2,1-3H3. The van der Waals surface area contributed by atoms with Crippen LogP contribution in [0.2, 0.25) is 0 Å². The van der Waals surface area contributed by atoms with Gasteiger partial charge in [0.15, 0.2) is 27.1 Å². The molecule has 200 valence electrons. The number of benzene rings is 2. The molecule has 0 spiro atoms. The fourth-order valence-electron chi connectivity index (χ4n) is 4.03. The van der Waals surface area contributed by atoms with Crippen molar-refractivity contribution in [3.8, 4) is 11.5 Å². The van der Waals surface area contributed by atoms with Crippen molar-refractivity contribution in [1.29, 1.82) is 0 Å². The fraction of sp³-hybridized carbons (Fsp3) is 0.567. The van der Waals surface area contributed by atoms with E-state index < -0.39 is 9.84 Å². The van der Waals surface area contributed by atoms with Gasteiger partial charge in [0.05, 0.1) is 18.1 Å². The lowest BCUT2D eigenvalue weighted by atomic mass is 10.0. The molecule has 0 unspecified atom stereocenters. The summed E-state index contributed by atoms with van der Waals surface area (Å²) in [5.41, 5.74) is 0.928. The third kappa shape index (κ3) is 10.7. The molecule has 0 fully saturated rings. The van der Waals surface area contributed by atoms with E-state index in [-0.39, 0.29) is 10.7 Å². The van der Waals surface area contributed by atoms with Crippen molar-refractivity contribution < 1.29 is 22.7 Å².